The average Bonchev–Trinajstić information content (AvgIpc) is 2.46. The van der Waals surface area contributed by atoms with Crippen LogP contribution in [0.5, 0.6) is 0 Å². The first-order chi connectivity index (χ1) is 10.6. The van der Waals surface area contributed by atoms with Crippen molar-refractivity contribution in [2.24, 2.45) is 10.8 Å². The summed E-state index contributed by atoms with van der Waals surface area (Å²) in [7, 11) is 0. The third kappa shape index (κ3) is 11.5. The monoisotopic (exact) mass is 330 g/mol. The summed E-state index contributed by atoms with van der Waals surface area (Å²) < 4.78 is 0. The molecule has 3 N–H and O–H groups in total. The Hall–Kier alpha value is -0.610. The highest BCUT2D eigenvalue weighted by atomic mass is 16.4. The predicted octanol–water partition coefficient (Wildman–Crippen LogP) is 4.38. The van der Waals surface area contributed by atoms with E-state index in [2.05, 4.69) is 13.8 Å². The lowest BCUT2D eigenvalue weighted by Gasteiger charge is -2.21. The molecule has 138 valence electrons. The van der Waals surface area contributed by atoms with Crippen molar-refractivity contribution in [3.8, 4) is 0 Å². The zero-order chi connectivity index (χ0) is 17.9. The highest BCUT2D eigenvalue weighted by molar-refractivity contribution is 5.73. The van der Waals surface area contributed by atoms with Crippen molar-refractivity contribution in [2.75, 3.05) is 6.61 Å². The van der Waals surface area contributed by atoms with Crippen molar-refractivity contribution in [1.29, 1.82) is 0 Å². The van der Waals surface area contributed by atoms with Gasteiger partial charge < -0.3 is 15.3 Å². The number of carbonyl (C=O) groups is 1. The number of unbranched alkanes of at least 4 members (excludes halogenated alkanes) is 4. The van der Waals surface area contributed by atoms with Gasteiger partial charge in [0.05, 0.1) is 11.5 Å². The molecule has 0 aliphatic carbocycles. The van der Waals surface area contributed by atoms with Crippen LogP contribution in [0.4, 0.5) is 0 Å². The number of carboxylic acids is 1. The van der Waals surface area contributed by atoms with E-state index in [9.17, 15) is 15.0 Å². The first-order valence-electron chi connectivity index (χ1n) is 9.13. The van der Waals surface area contributed by atoms with Crippen LogP contribution in [0.15, 0.2) is 0 Å². The van der Waals surface area contributed by atoms with E-state index in [0.29, 0.717) is 6.42 Å². The molecule has 0 rings (SSSR count). The molecule has 0 aromatic heterocycles. The van der Waals surface area contributed by atoms with E-state index in [4.69, 9.17) is 5.11 Å². The SMILES string of the molecule is CC(C)(CO)CCCCCC(O)CCCCCC(C)(C)C(=O)O. The second kappa shape index (κ2) is 11.0. The molecule has 0 amide bonds. The van der Waals surface area contributed by atoms with E-state index in [1.54, 1.807) is 13.8 Å². The highest BCUT2D eigenvalue weighted by Gasteiger charge is 2.25. The molecule has 23 heavy (non-hydrogen) atoms. The van der Waals surface area contributed by atoms with Gasteiger partial charge in [-0.2, -0.15) is 0 Å². The number of aliphatic hydroxyl groups is 2. The fraction of sp³-hybridized carbons (Fsp3) is 0.947. The summed E-state index contributed by atoms with van der Waals surface area (Å²) in [5.41, 5.74) is -0.622. The number of aliphatic carboxylic acids is 1. The fourth-order valence-electron chi connectivity index (χ4n) is 2.61. The quantitative estimate of drug-likeness (QED) is 0.413. The minimum absolute atomic E-state index is 0.0162. The summed E-state index contributed by atoms with van der Waals surface area (Å²) in [4.78, 5) is 11.0. The third-order valence-electron chi connectivity index (χ3n) is 4.74. The molecule has 0 saturated heterocycles. The van der Waals surface area contributed by atoms with Crippen molar-refractivity contribution in [2.45, 2.75) is 98.0 Å². The Morgan fingerprint density at radius 2 is 1.35 bits per heavy atom. The topological polar surface area (TPSA) is 77.8 Å². The minimum atomic E-state index is -0.734. The molecule has 1 unspecified atom stereocenters. The lowest BCUT2D eigenvalue weighted by molar-refractivity contribution is -0.147. The van der Waals surface area contributed by atoms with Gasteiger partial charge in [-0.1, -0.05) is 52.4 Å². The van der Waals surface area contributed by atoms with Crippen LogP contribution in [0, 0.1) is 10.8 Å². The maximum absolute atomic E-state index is 11.0. The summed E-state index contributed by atoms with van der Waals surface area (Å²) >= 11 is 0. The van der Waals surface area contributed by atoms with Gasteiger partial charge >= 0.3 is 5.97 Å². The molecule has 0 heterocycles. The van der Waals surface area contributed by atoms with E-state index < -0.39 is 11.4 Å². The van der Waals surface area contributed by atoms with Gasteiger partial charge in [0.2, 0.25) is 0 Å². The molecular formula is C19H38O4. The van der Waals surface area contributed by atoms with Crippen LogP contribution in [-0.4, -0.2) is 34.0 Å². The zero-order valence-electron chi connectivity index (χ0n) is 15.6. The van der Waals surface area contributed by atoms with Crippen LogP contribution < -0.4 is 0 Å². The maximum atomic E-state index is 11.0. The van der Waals surface area contributed by atoms with Crippen molar-refractivity contribution in [3.63, 3.8) is 0 Å². The second-order valence-corrected chi connectivity index (χ2v) is 8.36. The second-order valence-electron chi connectivity index (χ2n) is 8.36. The Balaban J connectivity index is 3.55. The van der Waals surface area contributed by atoms with Gasteiger partial charge in [-0.25, -0.2) is 0 Å². The van der Waals surface area contributed by atoms with Crippen LogP contribution >= 0.6 is 0 Å². The Morgan fingerprint density at radius 1 is 0.870 bits per heavy atom. The number of carboxylic acid groups (broad SMARTS) is 1. The van der Waals surface area contributed by atoms with Gasteiger partial charge in [0.15, 0.2) is 0 Å². The minimum Gasteiger partial charge on any atom is -0.481 e. The normalized spacial score (nSPS) is 14.0. The molecule has 0 aromatic rings. The number of hydrogen-bond acceptors (Lipinski definition) is 3. The molecule has 0 aliphatic heterocycles. The zero-order valence-corrected chi connectivity index (χ0v) is 15.6. The predicted molar refractivity (Wildman–Crippen MR) is 94.5 cm³/mol. The summed E-state index contributed by atoms with van der Waals surface area (Å²) in [5.74, 6) is -0.734. The van der Waals surface area contributed by atoms with Crippen LogP contribution in [-0.2, 0) is 4.79 Å². The van der Waals surface area contributed by atoms with E-state index in [-0.39, 0.29) is 18.1 Å². The third-order valence-corrected chi connectivity index (χ3v) is 4.74. The summed E-state index contributed by atoms with van der Waals surface area (Å²) in [6.45, 7) is 7.92. The van der Waals surface area contributed by atoms with Crippen LogP contribution in [0.25, 0.3) is 0 Å². The van der Waals surface area contributed by atoms with Gasteiger partial charge in [-0.3, -0.25) is 4.79 Å². The van der Waals surface area contributed by atoms with Gasteiger partial charge in [-0.05, 0) is 44.9 Å². The van der Waals surface area contributed by atoms with Gasteiger partial charge in [0.25, 0.3) is 0 Å². The molecule has 0 spiro atoms. The summed E-state index contributed by atoms with van der Waals surface area (Å²) in [6, 6.07) is 0. The molecule has 0 bridgehead atoms. The molecule has 0 aliphatic rings. The summed E-state index contributed by atoms with van der Waals surface area (Å²) in [6.07, 6.45) is 9.25. The maximum Gasteiger partial charge on any atom is 0.309 e. The molecule has 4 heteroatoms. The number of rotatable bonds is 14. The average molecular weight is 331 g/mol. The van der Waals surface area contributed by atoms with Gasteiger partial charge in [0.1, 0.15) is 0 Å². The Kier molecular flexibility index (Phi) is 10.7. The molecule has 4 nitrogen and oxygen atoms in total. The van der Waals surface area contributed by atoms with Crippen LogP contribution in [0.3, 0.4) is 0 Å². The number of aliphatic hydroxyl groups excluding tert-OH is 2. The lowest BCUT2D eigenvalue weighted by Crippen LogP contribution is -2.23. The van der Waals surface area contributed by atoms with Crippen molar-refractivity contribution in [1.82, 2.24) is 0 Å². The highest BCUT2D eigenvalue weighted by Crippen LogP contribution is 2.25. The van der Waals surface area contributed by atoms with E-state index in [0.717, 1.165) is 57.8 Å². The molecular weight excluding hydrogens is 292 g/mol. The molecule has 0 fully saturated rings. The van der Waals surface area contributed by atoms with E-state index in [1.165, 1.54) is 0 Å². The molecule has 1 atom stereocenters. The molecule has 0 radical (unpaired) electrons. The van der Waals surface area contributed by atoms with Crippen molar-refractivity contribution in [3.05, 3.63) is 0 Å². The lowest BCUT2D eigenvalue weighted by atomic mass is 9.87. The van der Waals surface area contributed by atoms with Crippen LogP contribution in [0.2, 0.25) is 0 Å². The van der Waals surface area contributed by atoms with Crippen molar-refractivity contribution >= 4 is 5.97 Å². The largest absolute Gasteiger partial charge is 0.481 e. The van der Waals surface area contributed by atoms with E-state index >= 15 is 0 Å². The van der Waals surface area contributed by atoms with Gasteiger partial charge in [-0.15, -0.1) is 0 Å². The summed E-state index contributed by atoms with van der Waals surface area (Å²) in [5, 5.41) is 28.2. The molecule has 0 saturated carbocycles. The van der Waals surface area contributed by atoms with Gasteiger partial charge in [0, 0.05) is 6.61 Å². The standard InChI is InChI=1S/C19H38O4/c1-18(2,15-20)13-9-5-7-11-16(21)12-8-6-10-14-19(3,4)17(22)23/h16,20-21H,5-15H2,1-4H3,(H,22,23). The van der Waals surface area contributed by atoms with E-state index in [1.807, 2.05) is 0 Å². The van der Waals surface area contributed by atoms with Crippen LogP contribution in [0.1, 0.15) is 91.9 Å². The first kappa shape index (κ1) is 22.4. The number of hydrogen-bond donors (Lipinski definition) is 3. The first-order valence-corrected chi connectivity index (χ1v) is 9.13. The molecule has 0 aromatic carbocycles. The smallest absolute Gasteiger partial charge is 0.309 e. The Morgan fingerprint density at radius 3 is 1.78 bits per heavy atom. The Labute approximate surface area is 142 Å². The van der Waals surface area contributed by atoms with Crippen molar-refractivity contribution < 1.29 is 20.1 Å². The Bertz CT molecular complexity index is 323. The fourth-order valence-corrected chi connectivity index (χ4v) is 2.61.